The first-order valence-electron chi connectivity index (χ1n) is 30.6. The molecular weight excluding hydrogens is 1030 g/mol. The van der Waals surface area contributed by atoms with Gasteiger partial charge in [0.05, 0.1) is 26.4 Å². The summed E-state index contributed by atoms with van der Waals surface area (Å²) in [6, 6.07) is 0. The summed E-state index contributed by atoms with van der Waals surface area (Å²) in [4.78, 5) is 58.0. The summed E-state index contributed by atoms with van der Waals surface area (Å²) in [5.74, 6) is -1.58. The third-order valence-electron chi connectivity index (χ3n) is 13.1. The maximum absolute atomic E-state index is 12.8. The fraction of sp³-hybridized carbons (Fsp3) is 0.881. The first kappa shape index (κ1) is 75.0. The minimum Gasteiger partial charge on any atom is -0.463 e. The normalized spacial score (nSPS) is 14.6. The first-order chi connectivity index (χ1) is 37.2. The lowest BCUT2D eigenvalue weighted by atomic mass is 10.0. The molecule has 454 valence electrons. The molecule has 0 aromatic carbocycles. The van der Waals surface area contributed by atoms with E-state index in [4.69, 9.17) is 32.3 Å². The quantitative estimate of drug-likeness (QED) is 0.0146. The van der Waals surface area contributed by atoms with Crippen LogP contribution in [0.15, 0.2) is 24.3 Å². The molecule has 0 saturated heterocycles. The van der Waals surface area contributed by atoms with Gasteiger partial charge in [0.1, 0.15) is 25.4 Å². The summed E-state index contributed by atoms with van der Waals surface area (Å²) in [6.07, 6.45) is 46.8. The summed E-state index contributed by atoms with van der Waals surface area (Å²) in [5, 5.41) is 20.4. The second kappa shape index (κ2) is 54.6. The molecule has 0 saturated carbocycles. The second-order valence-corrected chi connectivity index (χ2v) is 23.8. The molecular formula is C59H112O16P2. The summed E-state index contributed by atoms with van der Waals surface area (Å²) >= 11 is 0. The van der Waals surface area contributed by atoms with E-state index in [-0.39, 0.29) is 19.3 Å². The van der Waals surface area contributed by atoms with Crippen molar-refractivity contribution in [3.05, 3.63) is 24.3 Å². The smallest absolute Gasteiger partial charge is 0.463 e. The summed E-state index contributed by atoms with van der Waals surface area (Å²) in [6.45, 7) is 2.62. The monoisotopic (exact) mass is 1140 g/mol. The molecule has 0 heterocycles. The van der Waals surface area contributed by atoms with E-state index in [1.165, 1.54) is 122 Å². The molecule has 0 radical (unpaired) electrons. The van der Waals surface area contributed by atoms with E-state index >= 15 is 0 Å². The zero-order valence-electron chi connectivity index (χ0n) is 48.7. The molecule has 0 spiro atoms. The molecule has 0 aromatic heterocycles. The topological polar surface area (TPSA) is 231 Å². The van der Waals surface area contributed by atoms with E-state index in [0.717, 1.165) is 96.3 Å². The molecule has 0 fully saturated rings. The van der Waals surface area contributed by atoms with E-state index in [2.05, 4.69) is 45.1 Å². The van der Waals surface area contributed by atoms with Crippen molar-refractivity contribution in [3.63, 3.8) is 0 Å². The molecule has 0 aliphatic heterocycles. The number of carbonyl (C=O) groups is 3. The molecule has 16 nitrogen and oxygen atoms in total. The Bertz CT molecular complexity index is 1530. The van der Waals surface area contributed by atoms with E-state index in [1.54, 1.807) is 0 Å². The van der Waals surface area contributed by atoms with E-state index in [9.17, 15) is 43.5 Å². The van der Waals surface area contributed by atoms with Gasteiger partial charge in [-0.1, -0.05) is 218 Å². The molecule has 0 aliphatic rings. The van der Waals surface area contributed by atoms with Crippen LogP contribution in [0.1, 0.15) is 278 Å². The van der Waals surface area contributed by atoms with Crippen molar-refractivity contribution in [2.75, 3.05) is 39.6 Å². The van der Waals surface area contributed by atoms with Crippen LogP contribution in [-0.2, 0) is 55.8 Å². The highest BCUT2D eigenvalue weighted by molar-refractivity contribution is 7.47. The van der Waals surface area contributed by atoms with Gasteiger partial charge in [-0.25, -0.2) is 9.13 Å². The lowest BCUT2D eigenvalue weighted by molar-refractivity contribution is -0.161. The van der Waals surface area contributed by atoms with Gasteiger partial charge in [0.2, 0.25) is 0 Å². The summed E-state index contributed by atoms with van der Waals surface area (Å²) in [5.41, 5.74) is 0. The van der Waals surface area contributed by atoms with Crippen molar-refractivity contribution in [1.82, 2.24) is 0 Å². The number of aliphatic hydroxyl groups excluding tert-OH is 2. The number of phosphoric ester groups is 2. The van der Waals surface area contributed by atoms with Crippen molar-refractivity contribution in [2.45, 2.75) is 296 Å². The lowest BCUT2D eigenvalue weighted by Gasteiger charge is -2.21. The van der Waals surface area contributed by atoms with Crippen molar-refractivity contribution in [3.8, 4) is 0 Å². The molecule has 77 heavy (non-hydrogen) atoms. The van der Waals surface area contributed by atoms with Crippen LogP contribution in [0, 0.1) is 0 Å². The van der Waals surface area contributed by atoms with Crippen molar-refractivity contribution < 1.29 is 75.8 Å². The number of unbranched alkanes of at least 4 members (excludes halogenated alkanes) is 32. The van der Waals surface area contributed by atoms with Crippen molar-refractivity contribution in [2.24, 2.45) is 0 Å². The highest BCUT2D eigenvalue weighted by Gasteiger charge is 2.29. The van der Waals surface area contributed by atoms with Gasteiger partial charge in [-0.2, -0.15) is 0 Å². The van der Waals surface area contributed by atoms with Gasteiger partial charge in [-0.05, 0) is 64.2 Å². The predicted molar refractivity (Wildman–Crippen MR) is 307 cm³/mol. The zero-order chi connectivity index (χ0) is 56.8. The van der Waals surface area contributed by atoms with Crippen molar-refractivity contribution >= 4 is 33.6 Å². The number of aliphatic hydroxyl groups is 2. The molecule has 0 aromatic rings. The van der Waals surface area contributed by atoms with Gasteiger partial charge >= 0.3 is 33.6 Å². The van der Waals surface area contributed by atoms with Crippen LogP contribution in [0.25, 0.3) is 0 Å². The van der Waals surface area contributed by atoms with Gasteiger partial charge in [-0.15, -0.1) is 0 Å². The standard InChI is InChI=1S/C59H112O16P2/c1-4-7-10-13-16-19-22-24-26-28-31-33-36-39-42-45-57(62)69-48-54(60)49-71-76(65,66)72-50-55(61)51-73-77(67,68)74-53-56(75-59(64)47-44-41-38-35-30-21-18-15-12-9-6-3)52-70-58(63)46-43-40-37-34-32-29-27-25-23-20-17-14-11-8-5-2/h15,18,24,26,54-56,60-61H,4-14,16-17,19-23,25,27-53H2,1-3H3,(H,65,66)(H,67,68)/b18-15-,26-24-. The van der Waals surface area contributed by atoms with Gasteiger partial charge in [0, 0.05) is 19.3 Å². The number of rotatable bonds is 59. The summed E-state index contributed by atoms with van der Waals surface area (Å²) < 4.78 is 60.6. The molecule has 0 amide bonds. The Morgan fingerprint density at radius 2 is 0.623 bits per heavy atom. The van der Waals surface area contributed by atoms with E-state index < -0.39 is 91.5 Å². The lowest BCUT2D eigenvalue weighted by Crippen LogP contribution is -2.30. The van der Waals surface area contributed by atoms with Gasteiger partial charge in [0.25, 0.3) is 0 Å². The van der Waals surface area contributed by atoms with Crippen molar-refractivity contribution in [1.29, 1.82) is 0 Å². The van der Waals surface area contributed by atoms with Gasteiger partial charge < -0.3 is 34.2 Å². The molecule has 0 rings (SSSR count). The van der Waals surface area contributed by atoms with Crippen LogP contribution in [0.3, 0.4) is 0 Å². The Balaban J connectivity index is 4.63. The minimum atomic E-state index is -4.91. The van der Waals surface area contributed by atoms with Gasteiger partial charge in [-0.3, -0.25) is 32.5 Å². The number of esters is 3. The Morgan fingerprint density at radius 1 is 0.351 bits per heavy atom. The molecule has 5 atom stereocenters. The average molecular weight is 1140 g/mol. The highest BCUT2D eigenvalue weighted by atomic mass is 31.2. The average Bonchev–Trinajstić information content (AvgIpc) is 3.40. The number of allylic oxidation sites excluding steroid dienone is 4. The molecule has 0 aliphatic carbocycles. The van der Waals surface area contributed by atoms with Crippen LogP contribution >= 0.6 is 15.6 Å². The Kier molecular flexibility index (Phi) is 53.2. The molecule has 4 N–H and O–H groups in total. The maximum atomic E-state index is 12.8. The number of ether oxygens (including phenoxy) is 3. The SMILES string of the molecule is CCCC/C=C\CCCCCCCC(=O)OC(COC(=O)CCCCCCCCCCCCCCCCC)COP(=O)(O)OCC(O)COP(=O)(O)OCC(O)COC(=O)CCCCCCC/C=C\CCCCCCCC. The fourth-order valence-corrected chi connectivity index (χ4v) is 9.95. The third-order valence-corrected chi connectivity index (χ3v) is 15.1. The highest BCUT2D eigenvalue weighted by Crippen LogP contribution is 2.45. The predicted octanol–water partition coefficient (Wildman–Crippen LogP) is 15.7. The van der Waals surface area contributed by atoms with Crippen LogP contribution in [0.5, 0.6) is 0 Å². The Labute approximate surface area is 467 Å². The Hall–Kier alpha value is -1.97. The third kappa shape index (κ3) is 55.7. The van der Waals surface area contributed by atoms with Crippen LogP contribution in [0.2, 0.25) is 0 Å². The Morgan fingerprint density at radius 3 is 0.987 bits per heavy atom. The molecule has 5 unspecified atom stereocenters. The summed E-state index contributed by atoms with van der Waals surface area (Å²) in [7, 11) is -9.74. The number of hydrogen-bond donors (Lipinski definition) is 4. The van der Waals surface area contributed by atoms with Crippen LogP contribution < -0.4 is 0 Å². The zero-order valence-corrected chi connectivity index (χ0v) is 50.4. The van der Waals surface area contributed by atoms with Crippen LogP contribution in [0.4, 0.5) is 0 Å². The number of hydrogen-bond acceptors (Lipinski definition) is 14. The number of carbonyl (C=O) groups excluding carboxylic acids is 3. The van der Waals surface area contributed by atoms with Crippen LogP contribution in [-0.4, -0.2) is 95.9 Å². The van der Waals surface area contributed by atoms with Gasteiger partial charge in [0.15, 0.2) is 6.10 Å². The first-order valence-corrected chi connectivity index (χ1v) is 33.6. The fourth-order valence-electron chi connectivity index (χ4n) is 8.37. The largest absolute Gasteiger partial charge is 0.472 e. The molecule has 18 heteroatoms. The second-order valence-electron chi connectivity index (χ2n) is 20.9. The maximum Gasteiger partial charge on any atom is 0.472 e. The minimum absolute atomic E-state index is 0.100. The van der Waals surface area contributed by atoms with E-state index in [1.807, 2.05) is 0 Å². The number of phosphoric acid groups is 2. The molecule has 0 bridgehead atoms. The van der Waals surface area contributed by atoms with E-state index in [0.29, 0.717) is 19.3 Å².